The SMILES string of the molecule is Cc1ccc(NC(C)(C)C(=O)NCC(C)Cn2nc(C)cc2C(F)(F)F)cc1. The van der Waals surface area contributed by atoms with E-state index < -0.39 is 17.4 Å². The van der Waals surface area contributed by atoms with Gasteiger partial charge in [-0.3, -0.25) is 9.48 Å². The number of hydrogen-bond acceptors (Lipinski definition) is 3. The number of aromatic nitrogens is 2. The molecule has 1 atom stereocenters. The van der Waals surface area contributed by atoms with E-state index in [1.54, 1.807) is 20.8 Å². The second kappa shape index (κ2) is 8.24. The minimum atomic E-state index is -4.45. The first-order valence-corrected chi connectivity index (χ1v) is 9.13. The van der Waals surface area contributed by atoms with E-state index in [1.807, 2.05) is 31.2 Å². The lowest BCUT2D eigenvalue weighted by atomic mass is 10.0. The maximum atomic E-state index is 13.1. The smallest absolute Gasteiger partial charge is 0.372 e. The number of carbonyl (C=O) groups is 1. The number of benzene rings is 1. The highest BCUT2D eigenvalue weighted by atomic mass is 19.4. The molecule has 28 heavy (non-hydrogen) atoms. The predicted octanol–water partition coefficient (Wildman–Crippen LogP) is 4.16. The lowest BCUT2D eigenvalue weighted by Crippen LogP contribution is -2.49. The summed E-state index contributed by atoms with van der Waals surface area (Å²) in [7, 11) is 0. The molecule has 0 aliphatic carbocycles. The van der Waals surface area contributed by atoms with Crippen molar-refractivity contribution in [2.75, 3.05) is 11.9 Å². The van der Waals surface area contributed by atoms with Gasteiger partial charge in [0.1, 0.15) is 11.2 Å². The van der Waals surface area contributed by atoms with E-state index in [1.165, 1.54) is 6.92 Å². The summed E-state index contributed by atoms with van der Waals surface area (Å²) in [5, 5.41) is 9.92. The number of alkyl halides is 3. The van der Waals surface area contributed by atoms with Crippen LogP contribution in [0.2, 0.25) is 0 Å². The van der Waals surface area contributed by atoms with E-state index in [4.69, 9.17) is 0 Å². The summed E-state index contributed by atoms with van der Waals surface area (Å²) in [6.07, 6.45) is -4.45. The lowest BCUT2D eigenvalue weighted by Gasteiger charge is -2.27. The Bertz CT molecular complexity index is 810. The maximum Gasteiger partial charge on any atom is 0.433 e. The van der Waals surface area contributed by atoms with Crippen LogP contribution in [0.25, 0.3) is 0 Å². The second-order valence-corrected chi connectivity index (χ2v) is 7.78. The molecule has 2 aromatic rings. The Kier molecular flexibility index (Phi) is 6.41. The molecule has 0 spiro atoms. The zero-order valence-corrected chi connectivity index (χ0v) is 16.8. The number of nitrogens with zero attached hydrogens (tertiary/aromatic N) is 2. The average Bonchev–Trinajstić information content (AvgIpc) is 2.95. The molecule has 154 valence electrons. The minimum Gasteiger partial charge on any atom is -0.372 e. The third-order valence-corrected chi connectivity index (χ3v) is 4.36. The first-order chi connectivity index (χ1) is 12.9. The second-order valence-electron chi connectivity index (χ2n) is 7.78. The van der Waals surface area contributed by atoms with Crippen LogP contribution < -0.4 is 10.6 Å². The van der Waals surface area contributed by atoms with Gasteiger partial charge in [0.25, 0.3) is 0 Å². The molecule has 0 saturated carbocycles. The highest BCUT2D eigenvalue weighted by Crippen LogP contribution is 2.30. The van der Waals surface area contributed by atoms with Crippen LogP contribution in [0.5, 0.6) is 0 Å². The zero-order chi connectivity index (χ0) is 21.1. The number of carbonyl (C=O) groups excluding carboxylic acids is 1. The molecule has 0 saturated heterocycles. The van der Waals surface area contributed by atoms with Crippen molar-refractivity contribution in [2.45, 2.75) is 52.9 Å². The van der Waals surface area contributed by atoms with Gasteiger partial charge in [0.2, 0.25) is 5.91 Å². The van der Waals surface area contributed by atoms with Crippen LogP contribution in [0.3, 0.4) is 0 Å². The van der Waals surface area contributed by atoms with E-state index in [0.717, 1.165) is 22.0 Å². The van der Waals surface area contributed by atoms with Crippen LogP contribution in [0.1, 0.15) is 37.7 Å². The van der Waals surface area contributed by atoms with Crippen molar-refractivity contribution in [3.63, 3.8) is 0 Å². The van der Waals surface area contributed by atoms with E-state index in [2.05, 4.69) is 15.7 Å². The van der Waals surface area contributed by atoms with Crippen molar-refractivity contribution in [1.82, 2.24) is 15.1 Å². The highest BCUT2D eigenvalue weighted by Gasteiger charge is 2.35. The van der Waals surface area contributed by atoms with Crippen LogP contribution >= 0.6 is 0 Å². The molecule has 0 bridgehead atoms. The van der Waals surface area contributed by atoms with Gasteiger partial charge in [0.05, 0.1) is 5.69 Å². The number of amides is 1. The summed E-state index contributed by atoms with van der Waals surface area (Å²) in [6.45, 7) is 9.10. The Morgan fingerprint density at radius 2 is 1.79 bits per heavy atom. The van der Waals surface area contributed by atoms with Crippen LogP contribution in [0.4, 0.5) is 18.9 Å². The molecule has 0 radical (unpaired) electrons. The lowest BCUT2D eigenvalue weighted by molar-refractivity contribution is -0.144. The van der Waals surface area contributed by atoms with Gasteiger partial charge in [-0.1, -0.05) is 24.6 Å². The third-order valence-electron chi connectivity index (χ3n) is 4.36. The van der Waals surface area contributed by atoms with Gasteiger partial charge >= 0.3 is 6.18 Å². The number of halogens is 3. The normalized spacial score (nSPS) is 13.3. The standard InChI is InChI=1S/C20H27F3N4O/c1-13-6-8-16(9-7-13)25-19(4,5)18(28)24-11-14(2)12-27-17(20(21,22)23)10-15(3)26-27/h6-10,14,25H,11-12H2,1-5H3,(H,24,28). The number of aryl methyl sites for hydroxylation is 2. The molecule has 0 aliphatic rings. The van der Waals surface area contributed by atoms with Crippen molar-refractivity contribution < 1.29 is 18.0 Å². The Morgan fingerprint density at radius 1 is 1.18 bits per heavy atom. The molecule has 0 aliphatic heterocycles. The molecule has 5 nitrogen and oxygen atoms in total. The van der Waals surface area contributed by atoms with Crippen LogP contribution in [-0.4, -0.2) is 27.8 Å². The van der Waals surface area contributed by atoms with Crippen LogP contribution in [0, 0.1) is 19.8 Å². The summed E-state index contributed by atoms with van der Waals surface area (Å²) in [6, 6.07) is 8.71. The van der Waals surface area contributed by atoms with Gasteiger partial charge in [0.15, 0.2) is 0 Å². The molecule has 1 heterocycles. The van der Waals surface area contributed by atoms with E-state index in [0.29, 0.717) is 5.69 Å². The summed E-state index contributed by atoms with van der Waals surface area (Å²) >= 11 is 0. The zero-order valence-electron chi connectivity index (χ0n) is 16.8. The number of hydrogen-bond donors (Lipinski definition) is 2. The van der Waals surface area contributed by atoms with Gasteiger partial charge in [0, 0.05) is 18.8 Å². The largest absolute Gasteiger partial charge is 0.433 e. The molecule has 1 aromatic heterocycles. The fourth-order valence-electron chi connectivity index (χ4n) is 2.82. The van der Waals surface area contributed by atoms with E-state index >= 15 is 0 Å². The van der Waals surface area contributed by atoms with Crippen LogP contribution in [-0.2, 0) is 17.5 Å². The minimum absolute atomic E-state index is 0.0643. The van der Waals surface area contributed by atoms with Gasteiger partial charge in [-0.05, 0) is 51.8 Å². The van der Waals surface area contributed by atoms with Crippen molar-refractivity contribution in [2.24, 2.45) is 5.92 Å². The predicted molar refractivity (Wildman–Crippen MR) is 103 cm³/mol. The summed E-state index contributed by atoms with van der Waals surface area (Å²) in [5.41, 5.74) is 0.611. The molecule has 1 unspecified atom stereocenters. The fraction of sp³-hybridized carbons (Fsp3) is 0.500. The monoisotopic (exact) mass is 396 g/mol. The van der Waals surface area contributed by atoms with Crippen molar-refractivity contribution in [3.05, 3.63) is 47.3 Å². The van der Waals surface area contributed by atoms with Crippen LogP contribution in [0.15, 0.2) is 30.3 Å². The van der Waals surface area contributed by atoms with Gasteiger partial charge < -0.3 is 10.6 Å². The van der Waals surface area contributed by atoms with Gasteiger partial charge in [-0.25, -0.2) is 0 Å². The van der Waals surface area contributed by atoms with Crippen molar-refractivity contribution >= 4 is 11.6 Å². The molecule has 1 amide bonds. The first-order valence-electron chi connectivity index (χ1n) is 9.13. The van der Waals surface area contributed by atoms with E-state index in [9.17, 15) is 18.0 Å². The van der Waals surface area contributed by atoms with E-state index in [-0.39, 0.29) is 24.9 Å². The molecule has 1 aromatic carbocycles. The van der Waals surface area contributed by atoms with Gasteiger partial charge in [-0.15, -0.1) is 0 Å². The Balaban J connectivity index is 1.94. The fourth-order valence-corrected chi connectivity index (χ4v) is 2.82. The quantitative estimate of drug-likeness (QED) is 0.739. The van der Waals surface area contributed by atoms with Crippen molar-refractivity contribution in [3.8, 4) is 0 Å². The molecule has 0 fully saturated rings. The Labute approximate surface area is 163 Å². The Morgan fingerprint density at radius 3 is 2.36 bits per heavy atom. The highest BCUT2D eigenvalue weighted by molar-refractivity contribution is 5.88. The third kappa shape index (κ3) is 5.74. The molecular formula is C20H27F3N4O. The molecular weight excluding hydrogens is 369 g/mol. The number of rotatable bonds is 7. The topological polar surface area (TPSA) is 59.0 Å². The number of anilines is 1. The summed E-state index contributed by atoms with van der Waals surface area (Å²) in [4.78, 5) is 12.5. The summed E-state index contributed by atoms with van der Waals surface area (Å²) < 4.78 is 40.2. The summed E-state index contributed by atoms with van der Waals surface area (Å²) in [5.74, 6) is -0.452. The Hall–Kier alpha value is -2.51. The molecule has 2 N–H and O–H groups in total. The molecule has 2 rings (SSSR count). The average molecular weight is 396 g/mol. The van der Waals surface area contributed by atoms with Gasteiger partial charge in [-0.2, -0.15) is 18.3 Å². The van der Waals surface area contributed by atoms with Crippen molar-refractivity contribution in [1.29, 1.82) is 0 Å². The molecule has 8 heteroatoms. The first kappa shape index (κ1) is 21.8. The maximum absolute atomic E-state index is 13.1. The number of nitrogens with one attached hydrogen (secondary N) is 2.